The maximum Gasteiger partial charge on any atom is 0.135 e. The van der Waals surface area contributed by atoms with Gasteiger partial charge in [0.25, 0.3) is 0 Å². The van der Waals surface area contributed by atoms with Crippen molar-refractivity contribution >= 4 is 156 Å². The Kier molecular flexibility index (Phi) is 18.4. The number of nitrogens with zero attached hydrogens (tertiary/aromatic N) is 6. The Hall–Kier alpha value is -17.2. The third-order valence-corrected chi connectivity index (χ3v) is 25.3. The van der Waals surface area contributed by atoms with Gasteiger partial charge in [-0.15, -0.1) is 0 Å². The summed E-state index contributed by atoms with van der Waals surface area (Å²) in [5.74, 6) is 0. The van der Waals surface area contributed by atoms with Crippen LogP contribution in [0, 0.1) is 0 Å². The van der Waals surface area contributed by atoms with E-state index in [1.54, 1.807) is 0 Å². The summed E-state index contributed by atoms with van der Waals surface area (Å²) in [6.45, 7) is 0. The molecule has 0 amide bonds. The van der Waals surface area contributed by atoms with Crippen molar-refractivity contribution in [3.05, 3.63) is 485 Å². The Bertz CT molecular complexity index is 7630. The van der Waals surface area contributed by atoms with Crippen LogP contribution in [0.2, 0.25) is 0 Å². The molecular formula is C120H80N6O2. The molecule has 8 nitrogen and oxygen atoms in total. The Morgan fingerprint density at radius 2 is 0.312 bits per heavy atom. The molecule has 0 bridgehead atoms. The van der Waals surface area contributed by atoms with Gasteiger partial charge in [-0.05, 0) is 286 Å². The van der Waals surface area contributed by atoms with Crippen LogP contribution in [0.3, 0.4) is 0 Å². The van der Waals surface area contributed by atoms with Crippen molar-refractivity contribution in [1.29, 1.82) is 0 Å². The molecule has 0 fully saturated rings. The Balaban J connectivity index is 0.534. The lowest BCUT2D eigenvalue weighted by atomic mass is 10.0. The first-order valence-electron chi connectivity index (χ1n) is 43.6. The zero-order valence-electron chi connectivity index (χ0n) is 69.7. The molecule has 0 saturated carbocycles. The van der Waals surface area contributed by atoms with Crippen LogP contribution in [0.15, 0.2) is 494 Å². The largest absolute Gasteiger partial charge is 0.456 e. The average molecular weight is 1640 g/mol. The smallest absolute Gasteiger partial charge is 0.135 e. The van der Waals surface area contributed by atoms with Gasteiger partial charge in [-0.25, -0.2) is 0 Å². The molecule has 24 aromatic rings. The van der Waals surface area contributed by atoms with Crippen LogP contribution in [0.1, 0.15) is 0 Å². The first kappa shape index (κ1) is 74.6. The maximum atomic E-state index is 6.26. The normalized spacial score (nSPS) is 11.6. The lowest BCUT2D eigenvalue weighted by Gasteiger charge is -2.27. The van der Waals surface area contributed by atoms with Gasteiger partial charge in [-0.1, -0.05) is 255 Å². The van der Waals surface area contributed by atoms with Crippen molar-refractivity contribution in [2.45, 2.75) is 0 Å². The molecule has 0 aliphatic heterocycles. The molecule has 0 aliphatic carbocycles. The number of rotatable bonds is 19. The van der Waals surface area contributed by atoms with Gasteiger partial charge in [-0.2, -0.15) is 0 Å². The standard InChI is InChI=1S/C120H80N6O2/c1-3-19-91(20-4-1)121(101-69-73-103(74-70-101)125-113-29-13-7-23-105(113)106-24-8-14-30-114(106)125)93-53-35-81(36-54-93)83-39-57-95(58-40-83)123(99-65-47-87(48-66-99)89-51-77-119-111(79-89)109-27-11-17-33-117(109)127-119)97-61-43-85(44-62-97)86-45-63-98(64-46-86)124(100-67-49-88(50-68-100)90-52-78-120-112(80-90)110-28-12-18-34-118(110)128-120)96-59-41-84(42-60-96)82-37-55-94(56-38-82)122(92-21-5-2-6-22-92)102-71-75-104(76-72-102)126-115-31-15-9-25-107(115)108-26-10-16-32-116(108)126/h1-80H. The summed E-state index contributed by atoms with van der Waals surface area (Å²) in [5.41, 5.74) is 34.3. The summed E-state index contributed by atoms with van der Waals surface area (Å²) >= 11 is 0. The zero-order chi connectivity index (χ0) is 84.5. The third-order valence-electron chi connectivity index (χ3n) is 25.3. The van der Waals surface area contributed by atoms with E-state index in [2.05, 4.69) is 490 Å². The number of anilines is 12. The maximum absolute atomic E-state index is 6.26. The predicted octanol–water partition coefficient (Wildman–Crippen LogP) is 33.9. The van der Waals surface area contributed by atoms with Crippen molar-refractivity contribution in [2.75, 3.05) is 19.6 Å². The van der Waals surface area contributed by atoms with Gasteiger partial charge in [0, 0.05) is 123 Å². The number of hydrogen-bond donors (Lipinski definition) is 0. The van der Waals surface area contributed by atoms with E-state index in [-0.39, 0.29) is 0 Å². The van der Waals surface area contributed by atoms with Crippen molar-refractivity contribution in [2.24, 2.45) is 0 Å². The predicted molar refractivity (Wildman–Crippen MR) is 536 cm³/mol. The van der Waals surface area contributed by atoms with Gasteiger partial charge >= 0.3 is 0 Å². The lowest BCUT2D eigenvalue weighted by Crippen LogP contribution is -2.10. The molecule has 0 aliphatic rings. The van der Waals surface area contributed by atoms with Crippen LogP contribution in [0.5, 0.6) is 0 Å². The summed E-state index contributed by atoms with van der Waals surface area (Å²) in [4.78, 5) is 9.38. The van der Waals surface area contributed by atoms with Crippen molar-refractivity contribution in [3.63, 3.8) is 0 Å². The monoisotopic (exact) mass is 1640 g/mol. The second-order valence-electron chi connectivity index (χ2n) is 32.8. The molecule has 0 atom stereocenters. The minimum atomic E-state index is 0.880. The Morgan fingerprint density at radius 3 is 0.562 bits per heavy atom. The van der Waals surface area contributed by atoms with E-state index in [4.69, 9.17) is 8.83 Å². The van der Waals surface area contributed by atoms with Gasteiger partial charge in [0.1, 0.15) is 22.3 Å². The molecule has 0 radical (unpaired) electrons. The summed E-state index contributed by atoms with van der Waals surface area (Å²) < 4.78 is 17.3. The van der Waals surface area contributed by atoms with Crippen LogP contribution >= 0.6 is 0 Å². The average Bonchev–Trinajstić information content (AvgIpc) is 1.58. The summed E-state index contributed by atoms with van der Waals surface area (Å²) in [5, 5.41) is 9.42. The van der Waals surface area contributed by atoms with E-state index < -0.39 is 0 Å². The van der Waals surface area contributed by atoms with Gasteiger partial charge in [-0.3, -0.25) is 0 Å². The zero-order valence-corrected chi connectivity index (χ0v) is 69.7. The molecule has 24 rings (SSSR count). The molecule has 0 unspecified atom stereocenters. The Morgan fingerprint density at radius 1 is 0.133 bits per heavy atom. The van der Waals surface area contributed by atoms with Crippen molar-refractivity contribution in [3.8, 4) is 67.0 Å². The number of aromatic nitrogens is 2. The number of furan rings is 2. The molecule has 602 valence electrons. The van der Waals surface area contributed by atoms with Crippen LogP contribution in [-0.2, 0) is 0 Å². The lowest BCUT2D eigenvalue weighted by molar-refractivity contribution is 0.668. The quantitative estimate of drug-likeness (QED) is 0.0804. The van der Waals surface area contributed by atoms with E-state index in [0.717, 1.165) is 179 Å². The molecule has 4 heterocycles. The fourth-order valence-electron chi connectivity index (χ4n) is 19.1. The first-order valence-corrected chi connectivity index (χ1v) is 43.6. The fraction of sp³-hybridized carbons (Fsp3) is 0. The molecule has 128 heavy (non-hydrogen) atoms. The summed E-state index contributed by atoms with van der Waals surface area (Å²) in [6, 6.07) is 175. The summed E-state index contributed by atoms with van der Waals surface area (Å²) in [7, 11) is 0. The number of benzene rings is 20. The van der Waals surface area contributed by atoms with E-state index in [0.29, 0.717) is 0 Å². The minimum Gasteiger partial charge on any atom is -0.456 e. The fourth-order valence-corrected chi connectivity index (χ4v) is 19.1. The SMILES string of the molecule is c1ccc(N(c2ccc(-c3ccc(N(c4ccc(-c5ccc(N(c6ccc(-c7ccc(N(c8ccccc8)c8ccc(-n9c%10ccccc%10c%10ccccc%109)cc8)cc7)cc6)c6ccc(-c7ccc8oc9ccccc9c8c7)cc6)cc5)cc4)c4ccc(-c5ccc6oc7ccccc7c6c5)cc4)cc3)cc2)c2ccc(-n3c4ccccc4c4ccccc43)cc2)cc1. The third kappa shape index (κ3) is 13.4. The number of hydrogen-bond acceptors (Lipinski definition) is 6. The van der Waals surface area contributed by atoms with E-state index in [9.17, 15) is 0 Å². The second kappa shape index (κ2) is 31.6. The summed E-state index contributed by atoms with van der Waals surface area (Å²) in [6.07, 6.45) is 0. The first-order chi connectivity index (χ1) is 63.4. The molecule has 0 N–H and O–H groups in total. The molecular weight excluding hydrogens is 1560 g/mol. The van der Waals surface area contributed by atoms with Gasteiger partial charge < -0.3 is 37.6 Å². The topological polar surface area (TPSA) is 49.1 Å². The van der Waals surface area contributed by atoms with Crippen LogP contribution in [-0.4, -0.2) is 9.13 Å². The van der Waals surface area contributed by atoms with Crippen molar-refractivity contribution in [1.82, 2.24) is 9.13 Å². The molecule has 0 saturated heterocycles. The van der Waals surface area contributed by atoms with Crippen molar-refractivity contribution < 1.29 is 8.83 Å². The number of fused-ring (bicyclic) bond motifs is 12. The second-order valence-corrected chi connectivity index (χ2v) is 32.8. The molecule has 0 spiro atoms. The highest BCUT2D eigenvalue weighted by molar-refractivity contribution is 6.12. The van der Waals surface area contributed by atoms with E-state index in [1.165, 1.54) is 43.6 Å². The molecule has 8 heteroatoms. The van der Waals surface area contributed by atoms with E-state index in [1.807, 2.05) is 24.3 Å². The highest BCUT2D eigenvalue weighted by Crippen LogP contribution is 2.46. The van der Waals surface area contributed by atoms with Gasteiger partial charge in [0.2, 0.25) is 0 Å². The number of para-hydroxylation sites is 8. The van der Waals surface area contributed by atoms with Gasteiger partial charge in [0.05, 0.1) is 22.1 Å². The Labute approximate surface area is 740 Å². The van der Waals surface area contributed by atoms with E-state index >= 15 is 0 Å². The van der Waals surface area contributed by atoms with Crippen LogP contribution in [0.25, 0.3) is 154 Å². The van der Waals surface area contributed by atoms with Crippen LogP contribution in [0.4, 0.5) is 68.2 Å². The minimum absolute atomic E-state index is 0.880. The van der Waals surface area contributed by atoms with Gasteiger partial charge in [0.15, 0.2) is 0 Å². The highest BCUT2D eigenvalue weighted by Gasteiger charge is 2.23. The van der Waals surface area contributed by atoms with Crippen LogP contribution < -0.4 is 19.6 Å². The molecule has 4 aromatic heterocycles. The molecule has 20 aromatic carbocycles. The highest BCUT2D eigenvalue weighted by atomic mass is 16.3.